The molecule has 142 valence electrons. The summed E-state index contributed by atoms with van der Waals surface area (Å²) in [6.45, 7) is 2.26. The lowest BCUT2D eigenvalue weighted by Crippen LogP contribution is -2.40. The summed E-state index contributed by atoms with van der Waals surface area (Å²) in [5, 5.41) is 9.29. The van der Waals surface area contributed by atoms with Crippen molar-refractivity contribution in [3.8, 4) is 0 Å². The third-order valence-corrected chi connectivity index (χ3v) is 4.84. The van der Waals surface area contributed by atoms with Crippen molar-refractivity contribution in [2.75, 3.05) is 20.6 Å². The van der Waals surface area contributed by atoms with Crippen molar-refractivity contribution >= 4 is 29.7 Å². The number of carbonyl (C=O) groups is 3. The molecule has 1 aromatic rings. The van der Waals surface area contributed by atoms with Crippen molar-refractivity contribution in [3.63, 3.8) is 0 Å². The monoisotopic (exact) mass is 360 g/mol. The molecule has 0 aliphatic heterocycles. The molecule has 1 N–H and O–H groups in total. The number of aryl methyl sites for hydroxylation is 1. The average Bonchev–Trinajstić information content (AvgIpc) is 2.96. The van der Waals surface area contributed by atoms with Gasteiger partial charge in [-0.2, -0.15) is 5.10 Å². The Morgan fingerprint density at radius 1 is 1.46 bits per heavy atom. The Labute approximate surface area is 153 Å². The zero-order valence-corrected chi connectivity index (χ0v) is 16.0. The van der Waals surface area contributed by atoms with Gasteiger partial charge in [0.2, 0.25) is 5.91 Å². The SMILES string of the molecule is CNC(=O)C(CCC=O)c1nn(C)c2c1=CCCC=2N(C)CCC(C)=O. The van der Waals surface area contributed by atoms with Gasteiger partial charge in [0.1, 0.15) is 12.1 Å². The Bertz CT molecular complexity index is 809. The average molecular weight is 360 g/mol. The fourth-order valence-corrected chi connectivity index (χ4v) is 3.47. The van der Waals surface area contributed by atoms with Gasteiger partial charge in [0.25, 0.3) is 0 Å². The maximum Gasteiger partial charge on any atom is 0.228 e. The highest BCUT2D eigenvalue weighted by molar-refractivity contribution is 5.83. The Morgan fingerprint density at radius 2 is 2.19 bits per heavy atom. The number of aldehydes is 1. The van der Waals surface area contributed by atoms with Crippen molar-refractivity contribution in [1.82, 2.24) is 20.0 Å². The van der Waals surface area contributed by atoms with Crippen LogP contribution in [0.25, 0.3) is 11.8 Å². The van der Waals surface area contributed by atoms with Crippen molar-refractivity contribution in [1.29, 1.82) is 0 Å². The van der Waals surface area contributed by atoms with E-state index in [0.29, 0.717) is 25.8 Å². The first-order chi connectivity index (χ1) is 12.4. The zero-order chi connectivity index (χ0) is 19.3. The Hall–Kier alpha value is -2.44. The van der Waals surface area contributed by atoms with E-state index >= 15 is 0 Å². The van der Waals surface area contributed by atoms with E-state index in [2.05, 4.69) is 21.4 Å². The number of likely N-dealkylation sites (N-methyl/N-ethyl adjacent to an activating group) is 1. The van der Waals surface area contributed by atoms with Crippen LogP contribution in [0, 0.1) is 0 Å². The first-order valence-corrected chi connectivity index (χ1v) is 9.02. The number of ketones is 1. The Morgan fingerprint density at radius 3 is 2.81 bits per heavy atom. The first kappa shape index (κ1) is 19.9. The molecule has 0 saturated carbocycles. The molecule has 7 nitrogen and oxygen atoms in total. The van der Waals surface area contributed by atoms with Gasteiger partial charge in [-0.25, -0.2) is 0 Å². The van der Waals surface area contributed by atoms with Gasteiger partial charge in [0.05, 0.1) is 17.0 Å². The molecular weight excluding hydrogens is 332 g/mol. The number of rotatable bonds is 9. The summed E-state index contributed by atoms with van der Waals surface area (Å²) in [7, 11) is 5.46. The molecule has 0 spiro atoms. The van der Waals surface area contributed by atoms with Crippen LogP contribution in [-0.2, 0) is 21.4 Å². The maximum absolute atomic E-state index is 12.4. The zero-order valence-electron chi connectivity index (χ0n) is 16.0. The number of amides is 1. The number of Topliss-reactive ketones (excluding diaryl/α,β-unsaturated/α-hetero) is 1. The second-order valence-electron chi connectivity index (χ2n) is 6.75. The summed E-state index contributed by atoms with van der Waals surface area (Å²) in [6.07, 6.45) is 5.95. The molecule has 2 rings (SSSR count). The van der Waals surface area contributed by atoms with Crippen molar-refractivity contribution in [2.45, 2.75) is 44.9 Å². The van der Waals surface area contributed by atoms with Gasteiger partial charge >= 0.3 is 0 Å². The van der Waals surface area contributed by atoms with Gasteiger partial charge in [0.15, 0.2) is 0 Å². The summed E-state index contributed by atoms with van der Waals surface area (Å²) in [5.74, 6) is -0.407. The molecule has 1 unspecified atom stereocenters. The molecule has 0 aromatic carbocycles. The molecule has 1 amide bonds. The van der Waals surface area contributed by atoms with Crippen LogP contribution >= 0.6 is 0 Å². The lowest BCUT2D eigenvalue weighted by atomic mass is 9.95. The normalized spacial score (nSPS) is 14.2. The van der Waals surface area contributed by atoms with Gasteiger partial charge in [-0.3, -0.25) is 14.3 Å². The summed E-state index contributed by atoms with van der Waals surface area (Å²) in [4.78, 5) is 36.6. The van der Waals surface area contributed by atoms with E-state index in [4.69, 9.17) is 0 Å². The minimum atomic E-state index is -0.446. The molecule has 0 bridgehead atoms. The van der Waals surface area contributed by atoms with Gasteiger partial charge in [-0.1, -0.05) is 6.08 Å². The second kappa shape index (κ2) is 8.78. The number of carbonyl (C=O) groups excluding carboxylic acids is 3. The van der Waals surface area contributed by atoms with Gasteiger partial charge in [-0.15, -0.1) is 0 Å². The molecule has 1 aliphatic rings. The molecular formula is C19H28N4O3. The van der Waals surface area contributed by atoms with E-state index in [-0.39, 0.29) is 11.7 Å². The number of aromatic nitrogens is 2. The number of hydrogen-bond donors (Lipinski definition) is 1. The lowest BCUT2D eigenvalue weighted by Gasteiger charge is -2.23. The van der Waals surface area contributed by atoms with Crippen molar-refractivity contribution in [2.24, 2.45) is 7.05 Å². The topological polar surface area (TPSA) is 84.3 Å². The second-order valence-corrected chi connectivity index (χ2v) is 6.75. The van der Waals surface area contributed by atoms with E-state index in [1.165, 1.54) is 0 Å². The predicted molar refractivity (Wildman–Crippen MR) is 99.6 cm³/mol. The van der Waals surface area contributed by atoms with E-state index in [0.717, 1.165) is 41.1 Å². The molecule has 26 heavy (non-hydrogen) atoms. The van der Waals surface area contributed by atoms with Gasteiger partial charge < -0.3 is 15.0 Å². The van der Waals surface area contributed by atoms with Crippen LogP contribution in [0.3, 0.4) is 0 Å². The van der Waals surface area contributed by atoms with E-state index in [1.54, 1.807) is 14.0 Å². The molecule has 1 aromatic heterocycles. The number of nitrogens with one attached hydrogen (secondary N) is 1. The molecule has 0 fully saturated rings. The van der Waals surface area contributed by atoms with Crippen LogP contribution in [0.5, 0.6) is 0 Å². The standard InChI is InChI=1S/C19H28N4O3/c1-13(25)10-11-22(3)16-9-5-7-14-17(21-23(4)18(14)16)15(8-6-12-24)19(26)20-2/h7,12,15H,5-6,8-11H2,1-4H3,(H,20,26). The highest BCUT2D eigenvalue weighted by Crippen LogP contribution is 2.18. The number of nitrogens with zero attached hydrogens (tertiary/aromatic N) is 3. The molecule has 1 atom stereocenters. The highest BCUT2D eigenvalue weighted by atomic mass is 16.2. The third-order valence-electron chi connectivity index (χ3n) is 4.84. The third kappa shape index (κ3) is 4.20. The van der Waals surface area contributed by atoms with Crippen LogP contribution in [-0.4, -0.2) is 53.3 Å². The van der Waals surface area contributed by atoms with Crippen LogP contribution in [0.1, 0.15) is 50.6 Å². The van der Waals surface area contributed by atoms with Crippen LogP contribution in [0.15, 0.2) is 0 Å². The van der Waals surface area contributed by atoms with Gasteiger partial charge in [0, 0.05) is 51.4 Å². The largest absolute Gasteiger partial charge is 0.376 e. The summed E-state index contributed by atoms with van der Waals surface area (Å²) < 4.78 is 1.82. The Balaban J connectivity index is 2.52. The van der Waals surface area contributed by atoms with Crippen LogP contribution in [0.2, 0.25) is 0 Å². The summed E-state index contributed by atoms with van der Waals surface area (Å²) in [6, 6.07) is 0. The van der Waals surface area contributed by atoms with Crippen LogP contribution < -0.4 is 15.9 Å². The predicted octanol–water partition coefficient (Wildman–Crippen LogP) is -0.178. The maximum atomic E-state index is 12.4. The van der Waals surface area contributed by atoms with Crippen molar-refractivity contribution in [3.05, 3.63) is 16.3 Å². The fourth-order valence-electron chi connectivity index (χ4n) is 3.47. The Kier molecular flexibility index (Phi) is 6.71. The number of fused-ring (bicyclic) bond motifs is 1. The molecule has 0 radical (unpaired) electrons. The van der Waals surface area contributed by atoms with E-state index < -0.39 is 5.92 Å². The van der Waals surface area contributed by atoms with E-state index in [1.807, 2.05) is 18.8 Å². The summed E-state index contributed by atoms with van der Waals surface area (Å²) in [5.41, 5.74) is 1.86. The van der Waals surface area contributed by atoms with Crippen molar-refractivity contribution < 1.29 is 14.4 Å². The minimum absolute atomic E-state index is 0.127. The minimum Gasteiger partial charge on any atom is -0.376 e. The quantitative estimate of drug-likeness (QED) is 0.618. The molecule has 1 aliphatic carbocycles. The fraction of sp³-hybridized carbons (Fsp3) is 0.579. The summed E-state index contributed by atoms with van der Waals surface area (Å²) >= 11 is 0. The molecule has 1 heterocycles. The van der Waals surface area contributed by atoms with E-state index in [9.17, 15) is 14.4 Å². The van der Waals surface area contributed by atoms with Gasteiger partial charge in [-0.05, 0) is 26.2 Å². The first-order valence-electron chi connectivity index (χ1n) is 9.02. The lowest BCUT2D eigenvalue weighted by molar-refractivity contribution is -0.122. The van der Waals surface area contributed by atoms with Crippen LogP contribution in [0.4, 0.5) is 0 Å². The molecule has 0 saturated heterocycles. The molecule has 7 heteroatoms. The highest BCUT2D eigenvalue weighted by Gasteiger charge is 2.26. The smallest absolute Gasteiger partial charge is 0.228 e. The number of hydrogen-bond acceptors (Lipinski definition) is 5.